The van der Waals surface area contributed by atoms with E-state index in [0.717, 1.165) is 58.5 Å². The molecule has 0 spiro atoms. The molecule has 4 nitrogen and oxygen atoms in total. The van der Waals surface area contributed by atoms with E-state index in [4.69, 9.17) is 5.73 Å². The lowest BCUT2D eigenvalue weighted by Crippen LogP contribution is -2.37. The molecule has 0 aromatic carbocycles. The minimum absolute atomic E-state index is 0.397. The predicted octanol–water partition coefficient (Wildman–Crippen LogP) is 1.45. The first-order chi connectivity index (χ1) is 9.29. The first kappa shape index (κ1) is 14.8. The van der Waals surface area contributed by atoms with Crippen LogP contribution in [0.25, 0.3) is 0 Å². The van der Waals surface area contributed by atoms with E-state index in [1.54, 1.807) is 0 Å². The second-order valence-electron chi connectivity index (χ2n) is 6.07. The van der Waals surface area contributed by atoms with Crippen LogP contribution in [0.15, 0.2) is 0 Å². The highest BCUT2D eigenvalue weighted by atomic mass is 16.2. The minimum atomic E-state index is 0.397. The fraction of sp³-hybridized carbons (Fsp3) is 0.933. The number of nitrogens with zero attached hydrogens (tertiary/aromatic N) is 2. The van der Waals surface area contributed by atoms with Crippen LogP contribution in [0.3, 0.4) is 0 Å². The first-order valence-corrected chi connectivity index (χ1v) is 8.00. The Balaban J connectivity index is 1.68. The second kappa shape index (κ2) is 7.85. The maximum absolute atomic E-state index is 12.2. The molecule has 0 atom stereocenters. The van der Waals surface area contributed by atoms with Gasteiger partial charge in [-0.15, -0.1) is 0 Å². The number of amides is 1. The number of carbonyl (C=O) groups excluding carboxylic acids is 1. The molecule has 2 N–H and O–H groups in total. The van der Waals surface area contributed by atoms with Gasteiger partial charge in [0.2, 0.25) is 5.91 Å². The third kappa shape index (κ3) is 4.77. The summed E-state index contributed by atoms with van der Waals surface area (Å²) in [7, 11) is 0. The maximum Gasteiger partial charge on any atom is 0.222 e. The van der Waals surface area contributed by atoms with Crippen LogP contribution < -0.4 is 5.73 Å². The van der Waals surface area contributed by atoms with Crippen molar-refractivity contribution in [3.63, 3.8) is 0 Å². The number of carbonyl (C=O) groups is 1. The molecule has 0 bridgehead atoms. The summed E-state index contributed by atoms with van der Waals surface area (Å²) in [6, 6.07) is 0. The third-order valence-electron chi connectivity index (χ3n) is 4.56. The van der Waals surface area contributed by atoms with Crippen molar-refractivity contribution < 1.29 is 4.79 Å². The van der Waals surface area contributed by atoms with Crippen molar-refractivity contribution in [3.8, 4) is 0 Å². The van der Waals surface area contributed by atoms with Gasteiger partial charge in [-0.1, -0.05) is 6.42 Å². The van der Waals surface area contributed by atoms with Crippen molar-refractivity contribution in [1.82, 2.24) is 9.80 Å². The average Bonchev–Trinajstić information content (AvgIpc) is 2.60. The normalized spacial score (nSPS) is 22.1. The van der Waals surface area contributed by atoms with Crippen LogP contribution in [0.2, 0.25) is 0 Å². The fourth-order valence-corrected chi connectivity index (χ4v) is 3.00. The maximum atomic E-state index is 12.2. The van der Waals surface area contributed by atoms with Gasteiger partial charge in [-0.05, 0) is 57.7 Å². The van der Waals surface area contributed by atoms with Crippen LogP contribution in [0.4, 0.5) is 0 Å². The molecule has 110 valence electrons. The fourth-order valence-electron chi connectivity index (χ4n) is 3.00. The van der Waals surface area contributed by atoms with Gasteiger partial charge in [0.05, 0.1) is 0 Å². The van der Waals surface area contributed by atoms with Crippen LogP contribution in [-0.4, -0.2) is 55.0 Å². The van der Waals surface area contributed by atoms with Gasteiger partial charge in [0.1, 0.15) is 0 Å². The van der Waals surface area contributed by atoms with Crippen LogP contribution in [-0.2, 0) is 4.79 Å². The largest absolute Gasteiger partial charge is 0.341 e. The number of nitrogens with two attached hydrogens (primary N) is 1. The molecule has 1 amide bonds. The molecular formula is C15H29N3O. The van der Waals surface area contributed by atoms with E-state index < -0.39 is 0 Å². The van der Waals surface area contributed by atoms with Gasteiger partial charge in [0.25, 0.3) is 0 Å². The summed E-state index contributed by atoms with van der Waals surface area (Å²) < 4.78 is 0. The van der Waals surface area contributed by atoms with Gasteiger partial charge in [-0.25, -0.2) is 0 Å². The molecular weight excluding hydrogens is 238 g/mol. The molecule has 19 heavy (non-hydrogen) atoms. The van der Waals surface area contributed by atoms with Gasteiger partial charge in [0.15, 0.2) is 0 Å². The molecule has 0 aromatic rings. The van der Waals surface area contributed by atoms with Gasteiger partial charge in [0, 0.05) is 26.1 Å². The Morgan fingerprint density at radius 1 is 1.05 bits per heavy atom. The smallest absolute Gasteiger partial charge is 0.222 e. The first-order valence-electron chi connectivity index (χ1n) is 8.00. The topological polar surface area (TPSA) is 49.6 Å². The molecule has 2 fully saturated rings. The Morgan fingerprint density at radius 2 is 1.89 bits per heavy atom. The summed E-state index contributed by atoms with van der Waals surface area (Å²) in [4.78, 5) is 16.8. The van der Waals surface area contributed by atoms with Crippen molar-refractivity contribution >= 4 is 5.91 Å². The molecule has 2 aliphatic rings. The van der Waals surface area contributed by atoms with Crippen LogP contribution in [0.5, 0.6) is 0 Å². The van der Waals surface area contributed by atoms with Crippen molar-refractivity contribution in [1.29, 1.82) is 0 Å². The van der Waals surface area contributed by atoms with Crippen molar-refractivity contribution in [2.75, 3.05) is 39.3 Å². The summed E-state index contributed by atoms with van der Waals surface area (Å²) in [5.74, 6) is 1.09. The molecule has 1 aliphatic heterocycles. The zero-order chi connectivity index (χ0) is 13.5. The molecule has 0 radical (unpaired) electrons. The highest BCUT2D eigenvalue weighted by Crippen LogP contribution is 2.29. The minimum Gasteiger partial charge on any atom is -0.341 e. The Kier molecular flexibility index (Phi) is 6.11. The molecule has 2 rings (SSSR count). The highest BCUT2D eigenvalue weighted by molar-refractivity contribution is 5.76. The monoisotopic (exact) mass is 267 g/mol. The van der Waals surface area contributed by atoms with Gasteiger partial charge < -0.3 is 15.5 Å². The van der Waals surface area contributed by atoms with E-state index in [2.05, 4.69) is 9.80 Å². The SMILES string of the molecule is NCCCCN1CCCN(C(=O)CC2CCC2)CC1. The molecule has 0 aromatic heterocycles. The van der Waals surface area contributed by atoms with E-state index in [1.807, 2.05) is 0 Å². The Morgan fingerprint density at radius 3 is 2.58 bits per heavy atom. The summed E-state index contributed by atoms with van der Waals surface area (Å²) in [5, 5.41) is 0. The third-order valence-corrected chi connectivity index (χ3v) is 4.56. The molecule has 0 unspecified atom stereocenters. The highest BCUT2D eigenvalue weighted by Gasteiger charge is 2.25. The van der Waals surface area contributed by atoms with Gasteiger partial charge in [-0.3, -0.25) is 4.79 Å². The van der Waals surface area contributed by atoms with Gasteiger partial charge >= 0.3 is 0 Å². The van der Waals surface area contributed by atoms with Crippen molar-refractivity contribution in [2.45, 2.75) is 44.9 Å². The summed E-state index contributed by atoms with van der Waals surface area (Å²) in [6.07, 6.45) is 8.09. The summed E-state index contributed by atoms with van der Waals surface area (Å²) in [5.41, 5.74) is 5.53. The zero-order valence-corrected chi connectivity index (χ0v) is 12.1. The Hall–Kier alpha value is -0.610. The molecule has 1 saturated heterocycles. The van der Waals surface area contributed by atoms with Crippen molar-refractivity contribution in [3.05, 3.63) is 0 Å². The summed E-state index contributed by atoms with van der Waals surface area (Å²) >= 11 is 0. The standard InChI is InChI=1S/C15H29N3O/c16-7-1-2-8-17-9-4-10-18(12-11-17)15(19)13-14-5-3-6-14/h14H,1-13,16H2. The van der Waals surface area contributed by atoms with E-state index in [1.165, 1.54) is 25.7 Å². The van der Waals surface area contributed by atoms with Gasteiger partial charge in [-0.2, -0.15) is 0 Å². The lowest BCUT2D eigenvalue weighted by Gasteiger charge is -2.28. The Bertz CT molecular complexity index is 279. The van der Waals surface area contributed by atoms with Crippen LogP contribution in [0, 0.1) is 5.92 Å². The van der Waals surface area contributed by atoms with E-state index in [-0.39, 0.29) is 0 Å². The number of hydrogen-bond donors (Lipinski definition) is 1. The van der Waals surface area contributed by atoms with E-state index in [9.17, 15) is 4.79 Å². The number of hydrogen-bond acceptors (Lipinski definition) is 3. The molecule has 1 saturated carbocycles. The molecule has 4 heteroatoms. The van der Waals surface area contributed by atoms with E-state index in [0.29, 0.717) is 11.8 Å². The second-order valence-corrected chi connectivity index (χ2v) is 6.07. The van der Waals surface area contributed by atoms with E-state index >= 15 is 0 Å². The zero-order valence-electron chi connectivity index (χ0n) is 12.1. The number of rotatable bonds is 6. The Labute approximate surface area is 117 Å². The summed E-state index contributed by atoms with van der Waals surface area (Å²) in [6.45, 7) is 5.99. The van der Waals surface area contributed by atoms with Crippen LogP contribution >= 0.6 is 0 Å². The number of unbranched alkanes of at least 4 members (excludes halogenated alkanes) is 1. The molecule has 1 aliphatic carbocycles. The van der Waals surface area contributed by atoms with Crippen molar-refractivity contribution in [2.24, 2.45) is 11.7 Å². The molecule has 1 heterocycles. The quantitative estimate of drug-likeness (QED) is 0.741. The predicted molar refractivity (Wildman–Crippen MR) is 77.9 cm³/mol. The lowest BCUT2D eigenvalue weighted by atomic mass is 9.82. The average molecular weight is 267 g/mol. The lowest BCUT2D eigenvalue weighted by molar-refractivity contribution is -0.132. The van der Waals surface area contributed by atoms with Crippen LogP contribution in [0.1, 0.15) is 44.9 Å².